The van der Waals surface area contributed by atoms with E-state index in [1.165, 1.54) is 51.1 Å². The van der Waals surface area contributed by atoms with Gasteiger partial charge < -0.3 is 10.0 Å². The van der Waals surface area contributed by atoms with Gasteiger partial charge in [-0.2, -0.15) is 23.4 Å². The molecule has 0 bridgehead atoms. The van der Waals surface area contributed by atoms with Gasteiger partial charge in [0.25, 0.3) is 0 Å². The smallest absolute Gasteiger partial charge is 0.381 e. The Morgan fingerprint density at radius 1 is 0.872 bits per heavy atom. The van der Waals surface area contributed by atoms with Crippen molar-refractivity contribution >= 4 is 5.69 Å². The Morgan fingerprint density at radius 3 is 2.17 bits per heavy atom. The van der Waals surface area contributed by atoms with Gasteiger partial charge >= 0.3 is 11.9 Å². The van der Waals surface area contributed by atoms with Gasteiger partial charge in [-0.3, -0.25) is 4.90 Å². The second-order valence-corrected chi connectivity index (χ2v) is 11.5. The second-order valence-electron chi connectivity index (χ2n) is 11.5. The summed E-state index contributed by atoms with van der Waals surface area (Å²) in [5.74, 6) is -1.58. The van der Waals surface area contributed by atoms with E-state index in [0.717, 1.165) is 30.0 Å². The van der Waals surface area contributed by atoms with E-state index in [2.05, 4.69) is 25.0 Å². The van der Waals surface area contributed by atoms with Crippen molar-refractivity contribution in [3.63, 3.8) is 0 Å². The van der Waals surface area contributed by atoms with Gasteiger partial charge in [0.2, 0.25) is 0 Å². The molecule has 1 N–H and O–H groups in total. The van der Waals surface area contributed by atoms with E-state index in [4.69, 9.17) is 0 Å². The van der Waals surface area contributed by atoms with Crippen molar-refractivity contribution in [3.8, 4) is 5.69 Å². The van der Waals surface area contributed by atoms with Crippen LogP contribution in [0.3, 0.4) is 0 Å². The lowest BCUT2D eigenvalue weighted by Crippen LogP contribution is -2.57. The largest absolute Gasteiger partial charge is 0.416 e. The van der Waals surface area contributed by atoms with Crippen molar-refractivity contribution in [2.24, 2.45) is 0 Å². The topological polar surface area (TPSA) is 97.2 Å². The fourth-order valence-corrected chi connectivity index (χ4v) is 5.93. The number of nitrogens with zero attached hydrogens (tertiary/aromatic N) is 8. The third kappa shape index (κ3) is 6.67. The first-order valence-corrected chi connectivity index (χ1v) is 14.8. The molecule has 5 aromatic rings. The fraction of sp³-hybridized carbons (Fsp3) is 0.312. The van der Waals surface area contributed by atoms with E-state index in [-0.39, 0.29) is 18.7 Å². The van der Waals surface area contributed by atoms with Gasteiger partial charge in [-0.1, -0.05) is 18.2 Å². The van der Waals surface area contributed by atoms with Crippen molar-refractivity contribution in [1.82, 2.24) is 34.0 Å². The minimum Gasteiger partial charge on any atom is -0.381 e. The van der Waals surface area contributed by atoms with Gasteiger partial charge in [-0.15, -0.1) is 0 Å². The highest BCUT2D eigenvalue weighted by atomic mass is 19.4. The summed E-state index contributed by atoms with van der Waals surface area (Å²) >= 11 is 0. The van der Waals surface area contributed by atoms with E-state index in [0.29, 0.717) is 37.4 Å². The molecule has 3 heterocycles. The first-order valence-electron chi connectivity index (χ1n) is 14.8. The van der Waals surface area contributed by atoms with Gasteiger partial charge in [-0.25, -0.2) is 32.5 Å². The Labute approximate surface area is 265 Å². The summed E-state index contributed by atoms with van der Waals surface area (Å²) in [5, 5.41) is 20.1. The van der Waals surface area contributed by atoms with Gasteiger partial charge in [0, 0.05) is 49.5 Å². The van der Waals surface area contributed by atoms with Crippen LogP contribution >= 0.6 is 0 Å². The molecule has 0 aliphatic carbocycles. The number of aromatic nitrogens is 6. The quantitative estimate of drug-likeness (QED) is 0.240. The maximum Gasteiger partial charge on any atom is 0.416 e. The summed E-state index contributed by atoms with van der Waals surface area (Å²) in [6.45, 7) is 4.02. The molecule has 1 aliphatic heterocycles. The maximum atomic E-state index is 15.0. The van der Waals surface area contributed by atoms with Crippen molar-refractivity contribution in [2.75, 3.05) is 31.1 Å². The lowest BCUT2D eigenvalue weighted by atomic mass is 9.85. The number of hydrogen-bond acceptors (Lipinski definition) is 7. The van der Waals surface area contributed by atoms with Crippen molar-refractivity contribution < 1.29 is 27.1 Å². The minimum atomic E-state index is -4.44. The average molecular weight is 655 g/mol. The highest BCUT2D eigenvalue weighted by Crippen LogP contribution is 2.34. The predicted molar refractivity (Wildman–Crippen MR) is 162 cm³/mol. The Morgan fingerprint density at radius 2 is 1.55 bits per heavy atom. The zero-order chi connectivity index (χ0) is 33.3. The zero-order valence-electron chi connectivity index (χ0n) is 25.2. The molecule has 6 rings (SSSR count). The van der Waals surface area contributed by atoms with Crippen LogP contribution in [0.25, 0.3) is 5.69 Å². The first-order chi connectivity index (χ1) is 22.4. The van der Waals surface area contributed by atoms with Crippen LogP contribution in [0.1, 0.15) is 23.6 Å². The number of alkyl halides is 3. The highest BCUT2D eigenvalue weighted by molar-refractivity contribution is 5.51. The molecule has 0 amide bonds. The van der Waals surface area contributed by atoms with Crippen molar-refractivity contribution in [2.45, 2.75) is 37.8 Å². The van der Waals surface area contributed by atoms with Crippen molar-refractivity contribution in [1.29, 1.82) is 0 Å². The molecule has 3 aromatic carbocycles. The Bertz CT molecular complexity index is 1870. The molecule has 47 heavy (non-hydrogen) atoms. The van der Waals surface area contributed by atoms with Crippen LogP contribution in [-0.4, -0.2) is 71.3 Å². The van der Waals surface area contributed by atoms with Crippen LogP contribution in [0.4, 0.5) is 27.6 Å². The third-order valence-corrected chi connectivity index (χ3v) is 8.66. The number of anilines is 1. The normalized spacial score (nSPS) is 16.3. The van der Waals surface area contributed by atoms with Gasteiger partial charge in [0.15, 0.2) is 0 Å². The summed E-state index contributed by atoms with van der Waals surface area (Å²) in [6.07, 6.45) is -0.321. The molecule has 1 aliphatic rings. The molecule has 2 atom stereocenters. The lowest BCUT2D eigenvalue weighted by Gasteiger charge is -2.45. The predicted octanol–water partition coefficient (Wildman–Crippen LogP) is 4.07. The van der Waals surface area contributed by atoms with Crippen molar-refractivity contribution in [3.05, 3.63) is 125 Å². The fourth-order valence-electron chi connectivity index (χ4n) is 5.93. The maximum absolute atomic E-state index is 15.0. The van der Waals surface area contributed by atoms with Crippen LogP contribution in [-0.2, 0) is 24.9 Å². The summed E-state index contributed by atoms with van der Waals surface area (Å²) in [4.78, 5) is 21.1. The standard InChI is InChI=1S/C32H31F5N8O2/c1-22(31(47,18-43-20-38-19-39-43)28-11-6-25(33)16-29(28)34)41-12-14-42(15-13-41)26-7-9-27(10-8-26)44-21-40-45(30(44)46)17-23-2-4-24(5-3-23)32(35,36)37/h2-11,16,19-22,47H,12-15,17-18H2,1H3/t22-,31-/m1/s1. The minimum absolute atomic E-state index is 0.0204. The number of halogens is 5. The summed E-state index contributed by atoms with van der Waals surface area (Å²) in [6, 6.07) is 14.5. The molecule has 10 nitrogen and oxygen atoms in total. The molecule has 246 valence electrons. The second kappa shape index (κ2) is 12.7. The summed E-state index contributed by atoms with van der Waals surface area (Å²) < 4.78 is 71.3. The number of piperazine rings is 1. The molecule has 0 radical (unpaired) electrons. The molecule has 0 spiro atoms. The summed E-state index contributed by atoms with van der Waals surface area (Å²) in [5.41, 5.74) is -0.972. The number of rotatable bonds is 9. The highest BCUT2D eigenvalue weighted by Gasteiger charge is 2.42. The van der Waals surface area contributed by atoms with Gasteiger partial charge in [-0.05, 0) is 55.0 Å². The van der Waals surface area contributed by atoms with E-state index < -0.39 is 40.7 Å². The van der Waals surface area contributed by atoms with Gasteiger partial charge in [0.05, 0.1) is 24.3 Å². The van der Waals surface area contributed by atoms with E-state index >= 15 is 0 Å². The molecular weight excluding hydrogens is 623 g/mol. The molecule has 2 aromatic heterocycles. The first kappa shape index (κ1) is 32.1. The summed E-state index contributed by atoms with van der Waals surface area (Å²) in [7, 11) is 0. The van der Waals surface area contributed by atoms with Crippen LogP contribution in [0, 0.1) is 11.6 Å². The Kier molecular flexibility index (Phi) is 8.68. The number of aliphatic hydroxyl groups is 1. The monoisotopic (exact) mass is 654 g/mol. The van der Waals surface area contributed by atoms with E-state index in [1.54, 1.807) is 19.1 Å². The van der Waals surface area contributed by atoms with E-state index in [9.17, 15) is 31.9 Å². The Balaban J connectivity index is 1.12. The molecule has 0 saturated carbocycles. The molecular formula is C32H31F5N8O2. The third-order valence-electron chi connectivity index (χ3n) is 8.66. The number of hydrogen-bond donors (Lipinski definition) is 1. The lowest BCUT2D eigenvalue weighted by molar-refractivity contribution is -0.137. The molecule has 15 heteroatoms. The SMILES string of the molecule is C[C@@H](N1CCN(c2ccc(-n3cnn(Cc4ccc(C(F)(F)F)cc4)c3=O)cc2)CC1)[C@](O)(Cn1cncn1)c1ccc(F)cc1F. The molecule has 0 unspecified atom stereocenters. The van der Waals surface area contributed by atoms with Crippen LogP contribution in [0.2, 0.25) is 0 Å². The number of benzene rings is 3. The molecule has 1 saturated heterocycles. The van der Waals surface area contributed by atoms with Crippen LogP contribution < -0.4 is 10.6 Å². The zero-order valence-corrected chi connectivity index (χ0v) is 25.2. The van der Waals surface area contributed by atoms with Crippen LogP contribution in [0.15, 0.2) is 90.5 Å². The van der Waals surface area contributed by atoms with Gasteiger partial charge in [0.1, 0.15) is 36.2 Å². The Hall–Kier alpha value is -4.89. The van der Waals surface area contributed by atoms with Crippen LogP contribution in [0.5, 0.6) is 0 Å². The van der Waals surface area contributed by atoms with E-state index in [1.807, 2.05) is 12.1 Å². The molecule has 1 fully saturated rings. The average Bonchev–Trinajstić information content (AvgIpc) is 3.70.